The van der Waals surface area contributed by atoms with Gasteiger partial charge in [0, 0.05) is 5.56 Å². The highest BCUT2D eigenvalue weighted by molar-refractivity contribution is 6.02. The van der Waals surface area contributed by atoms with Crippen LogP contribution in [0.15, 0.2) is 97.1 Å². The quantitative estimate of drug-likeness (QED) is 0.521. The zero-order valence-electron chi connectivity index (χ0n) is 14.4. The lowest BCUT2D eigenvalue weighted by molar-refractivity contribution is 0.0869. The van der Waals surface area contributed by atoms with Crippen molar-refractivity contribution in [2.75, 3.05) is 0 Å². The smallest absolute Gasteiger partial charge is 0.172 e. The predicted octanol–water partition coefficient (Wildman–Crippen LogP) is 5.83. The first-order valence-corrected chi connectivity index (χ1v) is 8.55. The predicted molar refractivity (Wildman–Crippen MR) is 105 cm³/mol. The molecule has 3 rings (SSSR count). The first-order valence-electron chi connectivity index (χ1n) is 8.55. The van der Waals surface area contributed by atoms with Crippen molar-refractivity contribution in [3.8, 4) is 0 Å². The number of ketones is 1. The Labute approximate surface area is 149 Å². The maximum Gasteiger partial charge on any atom is 0.172 e. The van der Waals surface area contributed by atoms with Crippen LogP contribution in [0.5, 0.6) is 0 Å². The molecule has 0 aliphatic carbocycles. The lowest BCUT2D eigenvalue weighted by Crippen LogP contribution is -2.28. The van der Waals surface area contributed by atoms with E-state index in [0.717, 1.165) is 16.7 Å². The van der Waals surface area contributed by atoms with E-state index in [0.29, 0.717) is 6.42 Å². The first-order chi connectivity index (χ1) is 12.2. The highest BCUT2D eigenvalue weighted by Gasteiger charge is 2.31. The van der Waals surface area contributed by atoms with Gasteiger partial charge >= 0.3 is 0 Å². The Hall–Kier alpha value is -2.93. The number of benzene rings is 3. The number of Topliss-reactive ketones (excluding diaryl/α,β-unsaturated/α-hetero) is 1. The van der Waals surface area contributed by atoms with Gasteiger partial charge in [-0.05, 0) is 24.5 Å². The SMILES string of the molecule is CC(/C=C/c1ccccc1)(Cc1ccccc1)C(=O)c1ccccc1. The van der Waals surface area contributed by atoms with E-state index in [4.69, 9.17) is 0 Å². The van der Waals surface area contributed by atoms with Gasteiger partial charge in [-0.2, -0.15) is 0 Å². The molecule has 0 radical (unpaired) electrons. The fourth-order valence-electron chi connectivity index (χ4n) is 3.00. The third-order valence-electron chi connectivity index (χ3n) is 4.41. The van der Waals surface area contributed by atoms with Crippen LogP contribution >= 0.6 is 0 Å². The summed E-state index contributed by atoms with van der Waals surface area (Å²) in [5.41, 5.74) is 2.41. The average Bonchev–Trinajstić information content (AvgIpc) is 2.68. The second-order valence-corrected chi connectivity index (χ2v) is 6.52. The Morgan fingerprint density at radius 3 is 1.92 bits per heavy atom. The molecule has 0 N–H and O–H groups in total. The van der Waals surface area contributed by atoms with Crippen LogP contribution < -0.4 is 0 Å². The molecule has 0 saturated heterocycles. The second-order valence-electron chi connectivity index (χ2n) is 6.52. The van der Waals surface area contributed by atoms with Gasteiger partial charge in [0.15, 0.2) is 5.78 Å². The lowest BCUT2D eigenvalue weighted by Gasteiger charge is -2.25. The van der Waals surface area contributed by atoms with Gasteiger partial charge in [-0.15, -0.1) is 0 Å². The van der Waals surface area contributed by atoms with Gasteiger partial charge in [-0.25, -0.2) is 0 Å². The van der Waals surface area contributed by atoms with Crippen molar-refractivity contribution in [2.24, 2.45) is 5.41 Å². The molecule has 0 amide bonds. The molecule has 1 atom stereocenters. The first kappa shape index (κ1) is 16.9. The zero-order valence-corrected chi connectivity index (χ0v) is 14.4. The van der Waals surface area contributed by atoms with Crippen LogP contribution in [0.3, 0.4) is 0 Å². The van der Waals surface area contributed by atoms with E-state index < -0.39 is 5.41 Å². The monoisotopic (exact) mass is 326 g/mol. The van der Waals surface area contributed by atoms with E-state index in [-0.39, 0.29) is 5.78 Å². The third kappa shape index (κ3) is 4.33. The van der Waals surface area contributed by atoms with E-state index in [9.17, 15) is 4.79 Å². The van der Waals surface area contributed by atoms with Crippen LogP contribution in [0.4, 0.5) is 0 Å². The molecule has 0 spiro atoms. The highest BCUT2D eigenvalue weighted by Crippen LogP contribution is 2.30. The maximum atomic E-state index is 13.2. The average molecular weight is 326 g/mol. The van der Waals surface area contributed by atoms with Crippen LogP contribution in [0, 0.1) is 5.41 Å². The largest absolute Gasteiger partial charge is 0.293 e. The molecule has 0 aromatic heterocycles. The van der Waals surface area contributed by atoms with E-state index >= 15 is 0 Å². The molecule has 3 aromatic rings. The van der Waals surface area contributed by atoms with Crippen LogP contribution in [-0.2, 0) is 6.42 Å². The fourth-order valence-corrected chi connectivity index (χ4v) is 3.00. The third-order valence-corrected chi connectivity index (χ3v) is 4.41. The molecular weight excluding hydrogens is 304 g/mol. The molecular formula is C24H22O. The van der Waals surface area contributed by atoms with Crippen molar-refractivity contribution in [1.82, 2.24) is 0 Å². The fraction of sp³-hybridized carbons (Fsp3) is 0.125. The van der Waals surface area contributed by atoms with E-state index in [2.05, 4.69) is 12.1 Å². The summed E-state index contributed by atoms with van der Waals surface area (Å²) in [6.07, 6.45) is 4.76. The summed E-state index contributed by atoms with van der Waals surface area (Å²) in [7, 11) is 0. The Bertz CT molecular complexity index is 835. The van der Waals surface area contributed by atoms with E-state index in [1.165, 1.54) is 0 Å². The topological polar surface area (TPSA) is 17.1 Å². The molecule has 3 aromatic carbocycles. The van der Waals surface area contributed by atoms with Gasteiger partial charge in [0.25, 0.3) is 0 Å². The van der Waals surface area contributed by atoms with Gasteiger partial charge in [0.05, 0.1) is 5.41 Å². The summed E-state index contributed by atoms with van der Waals surface area (Å²) >= 11 is 0. The number of allylic oxidation sites excluding steroid dienone is 1. The van der Waals surface area contributed by atoms with Crippen LogP contribution in [0.25, 0.3) is 6.08 Å². The summed E-state index contributed by atoms with van der Waals surface area (Å²) in [4.78, 5) is 13.2. The van der Waals surface area contributed by atoms with Crippen molar-refractivity contribution in [3.05, 3.63) is 114 Å². The van der Waals surface area contributed by atoms with Crippen LogP contribution in [0.2, 0.25) is 0 Å². The molecule has 0 aliphatic rings. The molecule has 1 heteroatoms. The van der Waals surface area contributed by atoms with Crippen molar-refractivity contribution in [1.29, 1.82) is 0 Å². The summed E-state index contributed by atoms with van der Waals surface area (Å²) in [6, 6.07) is 29.8. The number of carbonyl (C=O) groups excluding carboxylic acids is 1. The Morgan fingerprint density at radius 1 is 0.800 bits per heavy atom. The number of carbonyl (C=O) groups is 1. The Balaban J connectivity index is 1.95. The second kappa shape index (κ2) is 7.76. The van der Waals surface area contributed by atoms with Crippen LogP contribution in [0.1, 0.15) is 28.4 Å². The number of hydrogen-bond donors (Lipinski definition) is 0. The molecule has 0 saturated carbocycles. The van der Waals surface area contributed by atoms with Gasteiger partial charge in [0.1, 0.15) is 0 Å². The van der Waals surface area contributed by atoms with Gasteiger partial charge in [-0.1, -0.05) is 103 Å². The summed E-state index contributed by atoms with van der Waals surface area (Å²) in [5.74, 6) is 0.143. The van der Waals surface area contributed by atoms with Crippen molar-refractivity contribution < 1.29 is 4.79 Å². The Morgan fingerprint density at radius 2 is 1.32 bits per heavy atom. The molecule has 1 nitrogen and oxygen atoms in total. The summed E-state index contributed by atoms with van der Waals surface area (Å²) < 4.78 is 0. The van der Waals surface area contributed by atoms with E-state index in [1.807, 2.05) is 97.9 Å². The van der Waals surface area contributed by atoms with Gasteiger partial charge in [0.2, 0.25) is 0 Å². The lowest BCUT2D eigenvalue weighted by atomic mass is 9.76. The highest BCUT2D eigenvalue weighted by atomic mass is 16.1. The molecule has 0 heterocycles. The minimum absolute atomic E-state index is 0.143. The molecule has 124 valence electrons. The van der Waals surface area contributed by atoms with E-state index in [1.54, 1.807) is 0 Å². The molecule has 0 aliphatic heterocycles. The van der Waals surface area contributed by atoms with Crippen LogP contribution in [-0.4, -0.2) is 5.78 Å². The standard InChI is InChI=1S/C24H22O/c1-24(19-21-13-7-3-8-14-21,18-17-20-11-5-2-6-12-20)23(25)22-15-9-4-10-16-22/h2-18H,19H2,1H3/b18-17+. The number of rotatable bonds is 6. The normalized spacial score (nSPS) is 13.5. The van der Waals surface area contributed by atoms with Crippen molar-refractivity contribution in [2.45, 2.75) is 13.3 Å². The Kier molecular flexibility index (Phi) is 5.25. The maximum absolute atomic E-state index is 13.2. The van der Waals surface area contributed by atoms with Gasteiger partial charge < -0.3 is 0 Å². The molecule has 25 heavy (non-hydrogen) atoms. The molecule has 0 bridgehead atoms. The minimum Gasteiger partial charge on any atom is -0.293 e. The number of hydrogen-bond acceptors (Lipinski definition) is 1. The summed E-state index contributed by atoms with van der Waals surface area (Å²) in [5, 5.41) is 0. The zero-order chi connectivity index (χ0) is 17.5. The minimum atomic E-state index is -0.599. The summed E-state index contributed by atoms with van der Waals surface area (Å²) in [6.45, 7) is 2.02. The van der Waals surface area contributed by atoms with Crippen molar-refractivity contribution in [3.63, 3.8) is 0 Å². The van der Waals surface area contributed by atoms with Gasteiger partial charge in [-0.3, -0.25) is 4.79 Å². The molecule has 1 unspecified atom stereocenters. The molecule has 0 fully saturated rings. The van der Waals surface area contributed by atoms with Crippen molar-refractivity contribution >= 4 is 11.9 Å².